The largest absolute Gasteiger partial charge is 0.490 e. The Hall–Kier alpha value is -2.00. The summed E-state index contributed by atoms with van der Waals surface area (Å²) >= 11 is 3.23. The molecule has 1 aliphatic rings. The monoisotopic (exact) mass is 509 g/mol. The Balaban J connectivity index is 1.79. The Labute approximate surface area is 182 Å². The molecule has 0 saturated carbocycles. The molecule has 1 heterocycles. The van der Waals surface area contributed by atoms with E-state index in [0.29, 0.717) is 36.2 Å². The van der Waals surface area contributed by atoms with E-state index < -0.39 is 0 Å². The quantitative estimate of drug-likeness (QED) is 0.374. The van der Waals surface area contributed by atoms with E-state index >= 15 is 0 Å². The summed E-state index contributed by atoms with van der Waals surface area (Å²) in [6.45, 7) is 4.99. The second kappa shape index (κ2) is 9.47. The normalized spacial score (nSPS) is 15.4. The van der Waals surface area contributed by atoms with Gasteiger partial charge >= 0.3 is 0 Å². The van der Waals surface area contributed by atoms with Gasteiger partial charge < -0.3 is 9.47 Å². The second-order valence-electron chi connectivity index (χ2n) is 5.98. The third kappa shape index (κ3) is 4.88. The van der Waals surface area contributed by atoms with Gasteiger partial charge in [0.2, 0.25) is 0 Å². The van der Waals surface area contributed by atoms with Crippen molar-refractivity contribution in [3.05, 3.63) is 62.1 Å². The van der Waals surface area contributed by atoms with Crippen molar-refractivity contribution in [3.8, 4) is 11.5 Å². The van der Waals surface area contributed by atoms with Gasteiger partial charge in [0, 0.05) is 10.1 Å². The number of amides is 2. The number of hydrogen-bond acceptors (Lipinski definition) is 5. The smallest absolute Gasteiger partial charge is 0.293 e. The van der Waals surface area contributed by atoms with Crippen LogP contribution in [0.15, 0.2) is 47.4 Å². The van der Waals surface area contributed by atoms with Gasteiger partial charge in [0.05, 0.1) is 11.5 Å². The molecule has 2 amide bonds. The Morgan fingerprint density at radius 3 is 2.43 bits per heavy atom. The van der Waals surface area contributed by atoms with Crippen LogP contribution in [0.25, 0.3) is 6.08 Å². The van der Waals surface area contributed by atoms with Crippen molar-refractivity contribution >= 4 is 51.6 Å². The summed E-state index contributed by atoms with van der Waals surface area (Å²) in [5.41, 5.74) is 1.85. The molecule has 0 atom stereocenters. The van der Waals surface area contributed by atoms with Crippen molar-refractivity contribution in [3.63, 3.8) is 0 Å². The summed E-state index contributed by atoms with van der Waals surface area (Å²) in [4.78, 5) is 25.8. The lowest BCUT2D eigenvalue weighted by Gasteiger charge is -2.13. The fourth-order valence-corrected chi connectivity index (χ4v) is 3.93. The van der Waals surface area contributed by atoms with E-state index in [1.165, 1.54) is 8.47 Å². The predicted molar refractivity (Wildman–Crippen MR) is 119 cm³/mol. The molecular formula is C21H20INO4S. The molecule has 3 rings (SSSR count). The summed E-state index contributed by atoms with van der Waals surface area (Å²) in [5, 5.41) is -0.235. The van der Waals surface area contributed by atoms with E-state index in [2.05, 4.69) is 22.6 Å². The third-order valence-corrected chi connectivity index (χ3v) is 5.69. The van der Waals surface area contributed by atoms with Crippen LogP contribution in [-0.2, 0) is 11.4 Å². The standard InChI is InChI=1S/C21H20INO4S/c1-3-23-20(24)19(28-21(23)25)12-15-7-10-17(18(11-15)26-4-2)27-13-14-5-8-16(22)9-6-14/h5-12H,3-4,13H2,1-2H3/b19-12+. The predicted octanol–water partition coefficient (Wildman–Crippen LogP) is 5.33. The molecule has 0 N–H and O–H groups in total. The average molecular weight is 509 g/mol. The summed E-state index contributed by atoms with van der Waals surface area (Å²) in [6, 6.07) is 13.6. The van der Waals surface area contributed by atoms with E-state index in [1.807, 2.05) is 49.4 Å². The molecular weight excluding hydrogens is 489 g/mol. The minimum atomic E-state index is -0.255. The number of thioether (sulfide) groups is 1. The van der Waals surface area contributed by atoms with Crippen LogP contribution >= 0.6 is 34.4 Å². The highest BCUT2D eigenvalue weighted by molar-refractivity contribution is 14.1. The van der Waals surface area contributed by atoms with Gasteiger partial charge in [-0.3, -0.25) is 14.5 Å². The van der Waals surface area contributed by atoms with Gasteiger partial charge in [-0.05, 0) is 89.7 Å². The topological polar surface area (TPSA) is 55.8 Å². The van der Waals surface area contributed by atoms with Gasteiger partial charge in [-0.25, -0.2) is 0 Å². The number of rotatable bonds is 7. The van der Waals surface area contributed by atoms with Gasteiger partial charge in [-0.15, -0.1) is 0 Å². The third-order valence-electron chi connectivity index (χ3n) is 4.06. The van der Waals surface area contributed by atoms with Crippen LogP contribution in [0.2, 0.25) is 0 Å². The fourth-order valence-electron chi connectivity index (χ4n) is 2.67. The Bertz CT molecular complexity index is 911. The molecule has 28 heavy (non-hydrogen) atoms. The molecule has 0 spiro atoms. The van der Waals surface area contributed by atoms with E-state index in [1.54, 1.807) is 13.0 Å². The lowest BCUT2D eigenvalue weighted by molar-refractivity contribution is -0.122. The first-order valence-electron chi connectivity index (χ1n) is 8.91. The number of carbonyl (C=O) groups is 2. The highest BCUT2D eigenvalue weighted by Crippen LogP contribution is 2.34. The first kappa shape index (κ1) is 20.7. The molecule has 0 aliphatic carbocycles. The molecule has 7 heteroatoms. The zero-order valence-corrected chi connectivity index (χ0v) is 18.6. The van der Waals surface area contributed by atoms with Gasteiger partial charge in [0.25, 0.3) is 11.1 Å². The lowest BCUT2D eigenvalue weighted by Crippen LogP contribution is -2.27. The molecule has 146 valence electrons. The zero-order chi connectivity index (χ0) is 20.1. The first-order chi connectivity index (χ1) is 13.5. The molecule has 0 aromatic heterocycles. The molecule has 0 bridgehead atoms. The summed E-state index contributed by atoms with van der Waals surface area (Å²) in [6.07, 6.45) is 1.71. The number of imide groups is 1. The van der Waals surface area contributed by atoms with Crippen LogP contribution < -0.4 is 9.47 Å². The van der Waals surface area contributed by atoms with Gasteiger partial charge in [-0.1, -0.05) is 18.2 Å². The molecule has 1 aliphatic heterocycles. The number of benzene rings is 2. The van der Waals surface area contributed by atoms with Crippen molar-refractivity contribution in [1.82, 2.24) is 4.90 Å². The molecule has 1 saturated heterocycles. The van der Waals surface area contributed by atoms with Gasteiger partial charge in [0.15, 0.2) is 11.5 Å². The molecule has 2 aromatic carbocycles. The number of ether oxygens (including phenoxy) is 2. The van der Waals surface area contributed by atoms with Crippen LogP contribution in [0.1, 0.15) is 25.0 Å². The Kier molecular flexibility index (Phi) is 7.01. The van der Waals surface area contributed by atoms with Crippen LogP contribution in [0.4, 0.5) is 4.79 Å². The van der Waals surface area contributed by atoms with Crippen molar-refractivity contribution in [2.75, 3.05) is 13.2 Å². The second-order valence-corrected chi connectivity index (χ2v) is 8.22. The number of hydrogen-bond donors (Lipinski definition) is 0. The van der Waals surface area contributed by atoms with Crippen LogP contribution in [0.5, 0.6) is 11.5 Å². The van der Waals surface area contributed by atoms with Gasteiger partial charge in [0.1, 0.15) is 6.61 Å². The molecule has 0 unspecified atom stereocenters. The van der Waals surface area contributed by atoms with Crippen LogP contribution in [-0.4, -0.2) is 29.2 Å². The van der Waals surface area contributed by atoms with Crippen LogP contribution in [0.3, 0.4) is 0 Å². The minimum absolute atomic E-state index is 0.235. The van der Waals surface area contributed by atoms with E-state index in [4.69, 9.17) is 9.47 Å². The Morgan fingerprint density at radius 1 is 1.04 bits per heavy atom. The van der Waals surface area contributed by atoms with Gasteiger partial charge in [-0.2, -0.15) is 0 Å². The minimum Gasteiger partial charge on any atom is -0.490 e. The summed E-state index contributed by atoms with van der Waals surface area (Å²) in [5.74, 6) is 0.991. The number of halogens is 1. The van der Waals surface area contributed by atoms with Crippen molar-refractivity contribution < 1.29 is 19.1 Å². The highest BCUT2D eigenvalue weighted by atomic mass is 127. The Morgan fingerprint density at radius 2 is 1.79 bits per heavy atom. The fraction of sp³-hybridized carbons (Fsp3) is 0.238. The zero-order valence-electron chi connectivity index (χ0n) is 15.6. The SMILES string of the molecule is CCOc1cc(/C=C2/SC(=O)N(CC)C2=O)ccc1OCc1ccc(I)cc1. The average Bonchev–Trinajstić information content (AvgIpc) is 2.95. The highest BCUT2D eigenvalue weighted by Gasteiger charge is 2.33. The maximum absolute atomic E-state index is 12.3. The number of nitrogens with zero attached hydrogens (tertiary/aromatic N) is 1. The van der Waals surface area contributed by atoms with Crippen molar-refractivity contribution in [2.24, 2.45) is 0 Å². The molecule has 1 fully saturated rings. The maximum atomic E-state index is 12.3. The number of carbonyl (C=O) groups excluding carboxylic acids is 2. The first-order valence-corrected chi connectivity index (χ1v) is 10.8. The maximum Gasteiger partial charge on any atom is 0.293 e. The van der Waals surface area contributed by atoms with Crippen LogP contribution in [0, 0.1) is 3.57 Å². The van der Waals surface area contributed by atoms with E-state index in [-0.39, 0.29) is 11.1 Å². The number of likely N-dealkylation sites (N-methyl/N-ethyl adjacent to an activating group) is 1. The summed E-state index contributed by atoms with van der Waals surface area (Å²) in [7, 11) is 0. The molecule has 2 aromatic rings. The van der Waals surface area contributed by atoms with Crippen molar-refractivity contribution in [2.45, 2.75) is 20.5 Å². The summed E-state index contributed by atoms with van der Waals surface area (Å²) < 4.78 is 12.8. The molecule has 0 radical (unpaired) electrons. The van der Waals surface area contributed by atoms with Crippen molar-refractivity contribution in [1.29, 1.82) is 0 Å². The lowest BCUT2D eigenvalue weighted by atomic mass is 10.1. The molecule has 5 nitrogen and oxygen atoms in total. The van der Waals surface area contributed by atoms with E-state index in [0.717, 1.165) is 22.9 Å². The van der Waals surface area contributed by atoms with E-state index in [9.17, 15) is 9.59 Å².